The molecule has 1 amide bonds. The van der Waals surface area contributed by atoms with Crippen LogP contribution in [-0.4, -0.2) is 38.3 Å². The van der Waals surface area contributed by atoms with Crippen LogP contribution in [0.3, 0.4) is 0 Å². The van der Waals surface area contributed by atoms with Gasteiger partial charge in [-0.2, -0.15) is 0 Å². The molecule has 6 rings (SSSR count). The first-order chi connectivity index (χ1) is 16.1. The molecule has 3 aromatic heterocycles. The van der Waals surface area contributed by atoms with Gasteiger partial charge in [-0.25, -0.2) is 15.0 Å². The lowest BCUT2D eigenvalue weighted by Crippen LogP contribution is -2.23. The molecular formula is C25H21ClN6O. The molecule has 0 atom stereocenters. The number of carbonyl (C=O) groups is 1. The molecule has 0 spiro atoms. The van der Waals surface area contributed by atoms with Crippen LogP contribution in [0.15, 0.2) is 54.7 Å². The number of aromatic nitrogens is 4. The lowest BCUT2D eigenvalue weighted by Gasteiger charge is -2.16. The monoisotopic (exact) mass is 456 g/mol. The summed E-state index contributed by atoms with van der Waals surface area (Å²) in [5.74, 6) is 1.02. The molecule has 164 valence electrons. The smallest absolute Gasteiger partial charge is 0.276 e. The first kappa shape index (κ1) is 19.9. The van der Waals surface area contributed by atoms with Gasteiger partial charge < -0.3 is 10.2 Å². The zero-order chi connectivity index (χ0) is 22.5. The number of anilines is 2. The molecule has 1 fully saturated rings. The van der Waals surface area contributed by atoms with Crippen molar-refractivity contribution in [1.29, 1.82) is 0 Å². The van der Waals surface area contributed by atoms with Gasteiger partial charge in [-0.3, -0.25) is 9.20 Å². The van der Waals surface area contributed by atoms with E-state index < -0.39 is 0 Å². The van der Waals surface area contributed by atoms with E-state index in [9.17, 15) is 4.79 Å². The standard InChI is InChI=1S/C25H21ClN6O/c1-15-28-19-10-4-2-8-16(19)23-21(17-9-3-5-11-20(17)32(15)23)29-24(33)22-18(26)14-27-25(30-22)31-12-6-7-13-31/h2-5,8-11,14H,6-7,12-13H2,1H3,(H,29,33). The summed E-state index contributed by atoms with van der Waals surface area (Å²) in [6, 6.07) is 15.9. The van der Waals surface area contributed by atoms with E-state index in [-0.39, 0.29) is 16.6 Å². The Morgan fingerprint density at radius 1 is 1.00 bits per heavy atom. The summed E-state index contributed by atoms with van der Waals surface area (Å²) in [5, 5.41) is 5.24. The largest absolute Gasteiger partial charge is 0.341 e. The van der Waals surface area contributed by atoms with Gasteiger partial charge in [0.15, 0.2) is 5.69 Å². The number of nitrogens with zero attached hydrogens (tertiary/aromatic N) is 5. The van der Waals surface area contributed by atoms with E-state index in [1.807, 2.05) is 55.5 Å². The van der Waals surface area contributed by atoms with Gasteiger partial charge in [-0.05, 0) is 31.9 Å². The van der Waals surface area contributed by atoms with E-state index in [0.717, 1.165) is 64.8 Å². The lowest BCUT2D eigenvalue weighted by molar-refractivity contribution is 0.102. The molecule has 33 heavy (non-hydrogen) atoms. The van der Waals surface area contributed by atoms with Crippen LogP contribution in [0.5, 0.6) is 0 Å². The van der Waals surface area contributed by atoms with Crippen LogP contribution in [0, 0.1) is 6.92 Å². The average molecular weight is 457 g/mol. The summed E-state index contributed by atoms with van der Waals surface area (Å²) in [7, 11) is 0. The first-order valence-corrected chi connectivity index (χ1v) is 11.4. The Hall–Kier alpha value is -3.71. The second-order valence-corrected chi connectivity index (χ2v) is 8.67. The number of rotatable bonds is 3. The molecule has 7 nitrogen and oxygen atoms in total. The number of benzene rings is 2. The normalized spacial score (nSPS) is 13.9. The van der Waals surface area contributed by atoms with Crippen molar-refractivity contribution in [3.63, 3.8) is 0 Å². The average Bonchev–Trinajstić information content (AvgIpc) is 3.47. The highest BCUT2D eigenvalue weighted by molar-refractivity contribution is 6.34. The second-order valence-electron chi connectivity index (χ2n) is 8.27. The zero-order valence-electron chi connectivity index (χ0n) is 18.0. The molecule has 0 unspecified atom stereocenters. The highest BCUT2D eigenvalue weighted by atomic mass is 35.5. The maximum atomic E-state index is 13.5. The maximum absolute atomic E-state index is 13.5. The molecule has 2 aromatic carbocycles. The first-order valence-electron chi connectivity index (χ1n) is 11.0. The summed E-state index contributed by atoms with van der Waals surface area (Å²) >= 11 is 6.38. The van der Waals surface area contributed by atoms with Gasteiger partial charge in [0.1, 0.15) is 5.82 Å². The number of aryl methyl sites for hydroxylation is 1. The van der Waals surface area contributed by atoms with Crippen molar-refractivity contribution in [2.75, 3.05) is 23.3 Å². The third-order valence-corrected chi connectivity index (χ3v) is 6.49. The van der Waals surface area contributed by atoms with E-state index in [1.54, 1.807) is 0 Å². The van der Waals surface area contributed by atoms with Crippen LogP contribution in [0.25, 0.3) is 27.3 Å². The minimum absolute atomic E-state index is 0.173. The Morgan fingerprint density at radius 2 is 1.73 bits per heavy atom. The summed E-state index contributed by atoms with van der Waals surface area (Å²) in [6.45, 7) is 3.74. The van der Waals surface area contributed by atoms with E-state index >= 15 is 0 Å². The Kier molecular flexibility index (Phi) is 4.66. The number of halogens is 1. The minimum atomic E-state index is -0.361. The Labute approximate surface area is 195 Å². The molecule has 5 aromatic rings. The summed E-state index contributed by atoms with van der Waals surface area (Å²) < 4.78 is 2.09. The number of para-hydroxylation sites is 2. The van der Waals surface area contributed by atoms with Crippen LogP contribution in [0.2, 0.25) is 5.02 Å². The van der Waals surface area contributed by atoms with E-state index in [1.165, 1.54) is 6.20 Å². The van der Waals surface area contributed by atoms with Gasteiger partial charge in [0.05, 0.1) is 33.5 Å². The Balaban J connectivity index is 1.53. The van der Waals surface area contributed by atoms with Crippen LogP contribution >= 0.6 is 11.6 Å². The molecule has 8 heteroatoms. The third-order valence-electron chi connectivity index (χ3n) is 6.21. The topological polar surface area (TPSA) is 75.4 Å². The Bertz CT molecular complexity index is 1550. The quantitative estimate of drug-likeness (QED) is 0.401. The number of carbonyl (C=O) groups excluding carboxylic acids is 1. The zero-order valence-corrected chi connectivity index (χ0v) is 18.8. The summed E-state index contributed by atoms with van der Waals surface area (Å²) in [5.41, 5.74) is 3.64. The van der Waals surface area contributed by atoms with E-state index in [4.69, 9.17) is 16.6 Å². The van der Waals surface area contributed by atoms with Crippen molar-refractivity contribution < 1.29 is 4.79 Å². The second kappa shape index (κ2) is 7.71. The molecule has 1 saturated heterocycles. The third kappa shape index (κ3) is 3.19. The molecule has 1 aliphatic heterocycles. The number of amides is 1. The highest BCUT2D eigenvalue weighted by Crippen LogP contribution is 2.36. The number of hydrogen-bond acceptors (Lipinski definition) is 5. The van der Waals surface area contributed by atoms with Crippen LogP contribution in [-0.2, 0) is 0 Å². The fourth-order valence-electron chi connectivity index (χ4n) is 4.71. The van der Waals surface area contributed by atoms with Crippen molar-refractivity contribution >= 4 is 56.5 Å². The van der Waals surface area contributed by atoms with Gasteiger partial charge in [0.2, 0.25) is 5.95 Å². The fourth-order valence-corrected chi connectivity index (χ4v) is 4.89. The van der Waals surface area contributed by atoms with Crippen molar-refractivity contribution in [3.8, 4) is 0 Å². The summed E-state index contributed by atoms with van der Waals surface area (Å²) in [6.07, 6.45) is 3.70. The predicted molar refractivity (Wildman–Crippen MR) is 131 cm³/mol. The lowest BCUT2D eigenvalue weighted by atomic mass is 10.1. The molecular weight excluding hydrogens is 436 g/mol. The number of fused-ring (bicyclic) bond motifs is 5. The van der Waals surface area contributed by atoms with Crippen LogP contribution < -0.4 is 10.2 Å². The highest BCUT2D eigenvalue weighted by Gasteiger charge is 2.23. The minimum Gasteiger partial charge on any atom is -0.341 e. The molecule has 0 saturated carbocycles. The molecule has 0 aliphatic carbocycles. The van der Waals surface area contributed by atoms with Gasteiger partial charge in [0.25, 0.3) is 5.91 Å². The van der Waals surface area contributed by atoms with E-state index in [2.05, 4.69) is 24.6 Å². The van der Waals surface area contributed by atoms with Crippen molar-refractivity contribution in [3.05, 3.63) is 71.3 Å². The van der Waals surface area contributed by atoms with Crippen LogP contribution in [0.4, 0.5) is 11.6 Å². The van der Waals surface area contributed by atoms with Gasteiger partial charge in [-0.15, -0.1) is 0 Å². The fraction of sp³-hybridized carbons (Fsp3) is 0.200. The molecule has 4 heterocycles. The molecule has 1 N–H and O–H groups in total. The van der Waals surface area contributed by atoms with Crippen molar-refractivity contribution in [2.45, 2.75) is 19.8 Å². The predicted octanol–water partition coefficient (Wildman–Crippen LogP) is 5.25. The van der Waals surface area contributed by atoms with Gasteiger partial charge in [0, 0.05) is 23.9 Å². The number of hydrogen-bond donors (Lipinski definition) is 1. The van der Waals surface area contributed by atoms with Gasteiger partial charge in [-0.1, -0.05) is 48.0 Å². The van der Waals surface area contributed by atoms with Gasteiger partial charge >= 0.3 is 0 Å². The maximum Gasteiger partial charge on any atom is 0.276 e. The SMILES string of the molecule is Cc1nc2ccccc2c2c(NC(=O)c3nc(N4CCCC4)ncc3Cl)c3ccccc3n12. The van der Waals surface area contributed by atoms with Crippen molar-refractivity contribution in [1.82, 2.24) is 19.4 Å². The van der Waals surface area contributed by atoms with E-state index in [0.29, 0.717) is 5.95 Å². The number of nitrogens with one attached hydrogen (secondary N) is 1. The molecule has 0 radical (unpaired) electrons. The molecule has 1 aliphatic rings. The molecule has 0 bridgehead atoms. The van der Waals surface area contributed by atoms with Crippen molar-refractivity contribution in [2.24, 2.45) is 0 Å². The summed E-state index contributed by atoms with van der Waals surface area (Å²) in [4.78, 5) is 29.2. The Morgan fingerprint density at radius 3 is 2.55 bits per heavy atom. The van der Waals surface area contributed by atoms with Crippen LogP contribution in [0.1, 0.15) is 29.2 Å².